The van der Waals surface area contributed by atoms with Crippen LogP contribution in [-0.2, 0) is 0 Å². The molecule has 4 aromatic rings. The zero-order valence-corrected chi connectivity index (χ0v) is 25.2. The van der Waals surface area contributed by atoms with E-state index in [4.69, 9.17) is 16.1 Å². The van der Waals surface area contributed by atoms with Gasteiger partial charge in [-0.2, -0.15) is 9.97 Å². The van der Waals surface area contributed by atoms with E-state index in [2.05, 4.69) is 26.0 Å². The maximum atomic E-state index is 16.8. The summed E-state index contributed by atoms with van der Waals surface area (Å²) in [6.07, 6.45) is 15.2. The standard InChI is InChI=1S/C36H37F2N5O2/c1-2-21-6-3-7-22-16-27(44)17-28(31(21)22)32-30(37)18-29-34(33(32)38)40-36(41-35(29)42-19-23-10-11-24(20-42)39-23)45-15-5-14-43-25-8-4-9-26(43)13-12-25/h1,3,6-7,16-18,23-26,39,44H,4-5,8-15,19-20H2. The number of nitrogens with zero attached hydrogens (tertiary/aromatic N) is 4. The average molecular weight is 610 g/mol. The van der Waals surface area contributed by atoms with Gasteiger partial charge >= 0.3 is 6.01 Å². The molecule has 45 heavy (non-hydrogen) atoms. The van der Waals surface area contributed by atoms with Gasteiger partial charge in [-0.1, -0.05) is 24.5 Å². The molecule has 7 nitrogen and oxygen atoms in total. The van der Waals surface area contributed by atoms with Crippen molar-refractivity contribution in [3.05, 3.63) is 53.6 Å². The Balaban J connectivity index is 1.19. The number of hydrogen-bond donors (Lipinski definition) is 2. The Kier molecular flexibility index (Phi) is 7.22. The summed E-state index contributed by atoms with van der Waals surface area (Å²) in [5, 5.41) is 15.5. The molecule has 8 rings (SSSR count). The van der Waals surface area contributed by atoms with Gasteiger partial charge < -0.3 is 20.1 Å². The van der Waals surface area contributed by atoms with Crippen LogP contribution >= 0.6 is 0 Å². The lowest BCUT2D eigenvalue weighted by molar-refractivity contribution is 0.129. The first-order chi connectivity index (χ1) is 22.0. The van der Waals surface area contributed by atoms with E-state index in [0.29, 0.717) is 71.4 Å². The van der Waals surface area contributed by atoms with Crippen LogP contribution in [0.15, 0.2) is 36.4 Å². The van der Waals surface area contributed by atoms with Crippen LogP contribution in [0.3, 0.4) is 0 Å². The highest BCUT2D eigenvalue weighted by Crippen LogP contribution is 2.41. The summed E-state index contributed by atoms with van der Waals surface area (Å²) in [6, 6.07) is 11.5. The number of piperazine rings is 1. The van der Waals surface area contributed by atoms with Gasteiger partial charge in [0.05, 0.1) is 12.2 Å². The molecule has 4 bridgehead atoms. The molecule has 3 aromatic carbocycles. The van der Waals surface area contributed by atoms with Crippen molar-refractivity contribution in [2.24, 2.45) is 0 Å². The first-order valence-corrected chi connectivity index (χ1v) is 16.3. The van der Waals surface area contributed by atoms with Gasteiger partial charge in [0, 0.05) is 65.7 Å². The Morgan fingerprint density at radius 2 is 1.78 bits per heavy atom. The summed E-state index contributed by atoms with van der Waals surface area (Å²) < 4.78 is 39.1. The van der Waals surface area contributed by atoms with E-state index in [0.717, 1.165) is 25.8 Å². The van der Waals surface area contributed by atoms with Crippen LogP contribution < -0.4 is 15.0 Å². The van der Waals surface area contributed by atoms with Crippen molar-refractivity contribution in [2.75, 3.05) is 31.1 Å². The second-order valence-corrected chi connectivity index (χ2v) is 13.1. The van der Waals surface area contributed by atoms with Gasteiger partial charge in [0.25, 0.3) is 0 Å². The van der Waals surface area contributed by atoms with Crippen LogP contribution in [0.25, 0.3) is 32.8 Å². The third-order valence-corrected chi connectivity index (χ3v) is 10.4. The van der Waals surface area contributed by atoms with Crippen LogP contribution in [0, 0.1) is 24.0 Å². The van der Waals surface area contributed by atoms with Crippen molar-refractivity contribution in [3.8, 4) is 35.2 Å². The molecule has 9 heteroatoms. The number of benzene rings is 3. The lowest BCUT2D eigenvalue weighted by Gasteiger charge is -2.34. The third-order valence-electron chi connectivity index (χ3n) is 10.4. The smallest absolute Gasteiger partial charge is 0.319 e. The second-order valence-electron chi connectivity index (χ2n) is 13.1. The van der Waals surface area contributed by atoms with Gasteiger partial charge in [-0.25, -0.2) is 8.78 Å². The number of rotatable bonds is 7. The number of aromatic hydroxyl groups is 1. The molecule has 0 spiro atoms. The minimum atomic E-state index is -0.833. The van der Waals surface area contributed by atoms with E-state index >= 15 is 8.78 Å². The van der Waals surface area contributed by atoms with Crippen molar-refractivity contribution in [2.45, 2.75) is 75.5 Å². The summed E-state index contributed by atoms with van der Waals surface area (Å²) in [5.41, 5.74) is 0.352. The highest BCUT2D eigenvalue weighted by atomic mass is 19.1. The van der Waals surface area contributed by atoms with Crippen LogP contribution in [0.2, 0.25) is 0 Å². The molecule has 0 aliphatic carbocycles. The summed E-state index contributed by atoms with van der Waals surface area (Å²) in [4.78, 5) is 14.1. The maximum Gasteiger partial charge on any atom is 0.319 e. The molecular weight excluding hydrogens is 572 g/mol. The topological polar surface area (TPSA) is 73.8 Å². The van der Waals surface area contributed by atoms with E-state index in [9.17, 15) is 5.11 Å². The molecular formula is C36H37F2N5O2. The van der Waals surface area contributed by atoms with Gasteiger partial charge in [0.1, 0.15) is 22.9 Å². The number of nitrogens with one attached hydrogen (secondary N) is 1. The zero-order chi connectivity index (χ0) is 30.7. The van der Waals surface area contributed by atoms with Gasteiger partial charge in [0.2, 0.25) is 0 Å². The Morgan fingerprint density at radius 1 is 1.00 bits per heavy atom. The van der Waals surface area contributed by atoms with E-state index in [1.54, 1.807) is 18.2 Å². The van der Waals surface area contributed by atoms with E-state index in [-0.39, 0.29) is 28.4 Å². The van der Waals surface area contributed by atoms with Gasteiger partial charge in [-0.3, -0.25) is 4.90 Å². The number of halogens is 2. The van der Waals surface area contributed by atoms with Crippen LogP contribution in [0.1, 0.15) is 56.9 Å². The number of hydrogen-bond acceptors (Lipinski definition) is 7. The lowest BCUT2D eigenvalue weighted by atomic mass is 9.93. The molecule has 4 fully saturated rings. The monoisotopic (exact) mass is 609 g/mol. The molecule has 1 aromatic heterocycles. The molecule has 232 valence electrons. The molecule has 0 radical (unpaired) electrons. The highest BCUT2D eigenvalue weighted by Gasteiger charge is 2.36. The van der Waals surface area contributed by atoms with Crippen molar-refractivity contribution in [3.63, 3.8) is 0 Å². The zero-order valence-electron chi connectivity index (χ0n) is 25.2. The average Bonchev–Trinajstić information content (AvgIpc) is 3.48. The Labute approximate surface area is 261 Å². The number of terminal acetylenes is 1. The van der Waals surface area contributed by atoms with Crippen molar-refractivity contribution in [1.82, 2.24) is 20.2 Å². The molecule has 4 aliphatic heterocycles. The molecule has 4 saturated heterocycles. The summed E-state index contributed by atoms with van der Waals surface area (Å²) in [7, 11) is 0. The Hall–Kier alpha value is -4.00. The first-order valence-electron chi connectivity index (χ1n) is 16.3. The number of phenols is 1. The fourth-order valence-electron chi connectivity index (χ4n) is 8.41. The number of phenolic OH excluding ortho intramolecular Hbond substituents is 1. The molecule has 4 aliphatic rings. The number of ether oxygens (including phenoxy) is 1. The van der Waals surface area contributed by atoms with Crippen molar-refractivity contribution < 1.29 is 18.6 Å². The van der Waals surface area contributed by atoms with Crippen molar-refractivity contribution >= 4 is 27.5 Å². The van der Waals surface area contributed by atoms with E-state index in [1.807, 2.05) is 0 Å². The SMILES string of the molecule is C#Cc1cccc2cc(O)cc(-c3c(F)cc4c(N5CC6CCC(C5)N6)nc(OCCCN5C6CCCC5CC6)nc4c3F)c12. The van der Waals surface area contributed by atoms with Gasteiger partial charge in [-0.05, 0) is 74.6 Å². The lowest BCUT2D eigenvalue weighted by Crippen LogP contribution is -2.51. The Morgan fingerprint density at radius 3 is 2.53 bits per heavy atom. The number of anilines is 1. The van der Waals surface area contributed by atoms with Gasteiger partial charge in [0.15, 0.2) is 5.82 Å². The molecule has 2 N–H and O–H groups in total. The predicted molar refractivity (Wildman–Crippen MR) is 172 cm³/mol. The third kappa shape index (κ3) is 5.04. The molecule has 0 saturated carbocycles. The van der Waals surface area contributed by atoms with Crippen LogP contribution in [0.4, 0.5) is 14.6 Å². The summed E-state index contributed by atoms with van der Waals surface area (Å²) in [6.45, 7) is 2.75. The highest BCUT2D eigenvalue weighted by molar-refractivity contribution is 6.04. The second kappa shape index (κ2) is 11.4. The van der Waals surface area contributed by atoms with Crippen LogP contribution in [0.5, 0.6) is 11.8 Å². The minimum absolute atomic E-state index is 0.0129. The molecule has 5 heterocycles. The normalized spacial score (nSPS) is 24.4. The largest absolute Gasteiger partial charge is 0.508 e. The molecule has 4 unspecified atom stereocenters. The fourth-order valence-corrected chi connectivity index (χ4v) is 8.41. The molecule has 4 atom stereocenters. The quantitative estimate of drug-likeness (QED) is 0.193. The number of fused-ring (bicyclic) bond motifs is 6. The van der Waals surface area contributed by atoms with E-state index < -0.39 is 11.6 Å². The summed E-state index contributed by atoms with van der Waals surface area (Å²) in [5.74, 6) is 1.39. The minimum Gasteiger partial charge on any atom is -0.508 e. The fraction of sp³-hybridized carbons (Fsp3) is 0.444. The predicted octanol–water partition coefficient (Wildman–Crippen LogP) is 6.14. The van der Waals surface area contributed by atoms with Crippen molar-refractivity contribution in [1.29, 1.82) is 0 Å². The first kappa shape index (κ1) is 28.5. The Bertz CT molecular complexity index is 1810. The van der Waals surface area contributed by atoms with Gasteiger partial charge in [-0.15, -0.1) is 6.42 Å². The number of aromatic nitrogens is 2. The maximum absolute atomic E-state index is 16.8. The summed E-state index contributed by atoms with van der Waals surface area (Å²) >= 11 is 0. The van der Waals surface area contributed by atoms with Crippen LogP contribution in [-0.4, -0.2) is 70.4 Å². The molecule has 0 amide bonds. The van der Waals surface area contributed by atoms with E-state index in [1.165, 1.54) is 50.3 Å². The number of piperidine rings is 1.